The summed E-state index contributed by atoms with van der Waals surface area (Å²) in [4.78, 5) is 43.4. The molecule has 0 bridgehead atoms. The number of carbonyl (C=O) groups is 3. The summed E-state index contributed by atoms with van der Waals surface area (Å²) < 4.78 is 15.6. The normalized spacial score (nSPS) is 11.3. The molecular formula is C30H29N3O6S2. The van der Waals surface area contributed by atoms with Crippen LogP contribution in [-0.2, 0) is 20.7 Å². The van der Waals surface area contributed by atoms with Crippen LogP contribution in [0.5, 0.6) is 11.5 Å². The molecule has 4 aromatic rings. The fraction of sp³-hybridized carbons (Fsp3) is 0.200. The number of thiazole rings is 1. The van der Waals surface area contributed by atoms with Crippen molar-refractivity contribution in [2.75, 3.05) is 31.5 Å². The second-order valence-corrected chi connectivity index (χ2v) is 10.6. The van der Waals surface area contributed by atoms with E-state index in [4.69, 9.17) is 14.2 Å². The van der Waals surface area contributed by atoms with Crippen molar-refractivity contribution < 1.29 is 28.6 Å². The maximum Gasteiger partial charge on any atom is 0.311 e. The second kappa shape index (κ2) is 14.3. The number of aromatic nitrogens is 1. The molecule has 0 aliphatic heterocycles. The van der Waals surface area contributed by atoms with Gasteiger partial charge in [0.2, 0.25) is 5.91 Å². The zero-order valence-electron chi connectivity index (χ0n) is 22.7. The molecule has 3 aromatic carbocycles. The summed E-state index contributed by atoms with van der Waals surface area (Å²) >= 11 is 2.62. The molecule has 1 heterocycles. The number of nitrogens with one attached hydrogen (secondary N) is 2. The molecule has 9 nitrogen and oxygen atoms in total. The van der Waals surface area contributed by atoms with Crippen LogP contribution in [0.25, 0.3) is 0 Å². The molecule has 212 valence electrons. The van der Waals surface area contributed by atoms with E-state index >= 15 is 0 Å². The van der Waals surface area contributed by atoms with Crippen LogP contribution in [0.1, 0.15) is 33.8 Å². The van der Waals surface area contributed by atoms with Crippen LogP contribution < -0.4 is 20.1 Å². The van der Waals surface area contributed by atoms with E-state index in [1.54, 1.807) is 42.6 Å². The number of hydrogen-bond acceptors (Lipinski definition) is 9. The first-order valence-electron chi connectivity index (χ1n) is 12.7. The molecule has 2 N–H and O–H groups in total. The zero-order chi connectivity index (χ0) is 29.2. The number of hydrogen-bond donors (Lipinski definition) is 2. The van der Waals surface area contributed by atoms with E-state index in [2.05, 4.69) is 15.6 Å². The summed E-state index contributed by atoms with van der Waals surface area (Å²) in [6.07, 6.45) is 0.0454. The molecule has 4 rings (SSSR count). The fourth-order valence-corrected chi connectivity index (χ4v) is 5.64. The second-order valence-electron chi connectivity index (χ2n) is 8.54. The van der Waals surface area contributed by atoms with E-state index in [9.17, 15) is 14.4 Å². The number of rotatable bonds is 12. The van der Waals surface area contributed by atoms with Gasteiger partial charge in [-0.3, -0.25) is 14.4 Å². The lowest BCUT2D eigenvalue weighted by Gasteiger charge is -2.17. The van der Waals surface area contributed by atoms with E-state index in [1.807, 2.05) is 42.5 Å². The van der Waals surface area contributed by atoms with Gasteiger partial charge < -0.3 is 24.8 Å². The van der Waals surface area contributed by atoms with Gasteiger partial charge in [0, 0.05) is 16.0 Å². The Labute approximate surface area is 246 Å². The molecule has 1 unspecified atom stereocenters. The van der Waals surface area contributed by atoms with Crippen LogP contribution >= 0.6 is 23.1 Å². The van der Waals surface area contributed by atoms with Crippen LogP contribution in [0.15, 0.2) is 83.1 Å². The minimum absolute atomic E-state index is 0.0454. The van der Waals surface area contributed by atoms with Crippen molar-refractivity contribution >= 4 is 51.7 Å². The Morgan fingerprint density at radius 1 is 0.902 bits per heavy atom. The van der Waals surface area contributed by atoms with Crippen molar-refractivity contribution in [2.45, 2.75) is 23.5 Å². The Morgan fingerprint density at radius 3 is 2.22 bits per heavy atom. The van der Waals surface area contributed by atoms with Gasteiger partial charge in [0.25, 0.3) is 5.91 Å². The lowest BCUT2D eigenvalue weighted by Crippen LogP contribution is -2.19. The van der Waals surface area contributed by atoms with Crippen LogP contribution in [0.4, 0.5) is 10.8 Å². The Morgan fingerprint density at radius 2 is 1.59 bits per heavy atom. The third-order valence-electron chi connectivity index (χ3n) is 5.77. The Balaban J connectivity index is 1.47. The van der Waals surface area contributed by atoms with Gasteiger partial charge in [-0.25, -0.2) is 4.98 Å². The van der Waals surface area contributed by atoms with Gasteiger partial charge in [0.1, 0.15) is 22.3 Å². The van der Waals surface area contributed by atoms with Gasteiger partial charge >= 0.3 is 5.97 Å². The topological polar surface area (TPSA) is 116 Å². The molecule has 0 saturated heterocycles. The Bertz CT molecular complexity index is 1470. The molecule has 0 spiro atoms. The molecule has 41 heavy (non-hydrogen) atoms. The summed E-state index contributed by atoms with van der Waals surface area (Å²) in [6.45, 7) is 2.04. The summed E-state index contributed by atoms with van der Waals surface area (Å²) in [6, 6.07) is 21.8. The van der Waals surface area contributed by atoms with Crippen molar-refractivity contribution in [3.8, 4) is 11.5 Å². The van der Waals surface area contributed by atoms with Crippen LogP contribution in [0.2, 0.25) is 0 Å². The van der Waals surface area contributed by atoms with Crippen molar-refractivity contribution in [1.82, 2.24) is 4.98 Å². The number of thioether (sulfide) groups is 1. The number of nitrogens with zero attached hydrogens (tertiary/aromatic N) is 1. The van der Waals surface area contributed by atoms with Gasteiger partial charge in [0.05, 0.1) is 32.9 Å². The first kappa shape index (κ1) is 29.6. The summed E-state index contributed by atoms with van der Waals surface area (Å²) in [5, 5.41) is 7.30. The average molecular weight is 592 g/mol. The summed E-state index contributed by atoms with van der Waals surface area (Å²) in [5.74, 6) is -0.182. The summed E-state index contributed by atoms with van der Waals surface area (Å²) in [7, 11) is 2.99. The largest absolute Gasteiger partial charge is 0.496 e. The highest BCUT2D eigenvalue weighted by Crippen LogP contribution is 2.37. The SMILES string of the molecule is CCOC(=O)Cc1csc(NC(=O)C(Sc2ccc(NC(=O)c3c(OC)cccc3OC)cc2)c2ccccc2)n1. The minimum Gasteiger partial charge on any atom is -0.496 e. The fourth-order valence-electron chi connectivity index (χ4n) is 3.90. The third-order valence-corrected chi connectivity index (χ3v) is 7.85. The highest BCUT2D eigenvalue weighted by molar-refractivity contribution is 8.00. The van der Waals surface area contributed by atoms with Crippen molar-refractivity contribution in [3.05, 3.63) is 95.0 Å². The number of methoxy groups -OCH3 is 2. The molecule has 0 aliphatic rings. The van der Waals surface area contributed by atoms with Crippen molar-refractivity contribution in [1.29, 1.82) is 0 Å². The number of anilines is 2. The number of esters is 1. The molecule has 0 saturated carbocycles. The van der Waals surface area contributed by atoms with Crippen LogP contribution in [-0.4, -0.2) is 43.6 Å². The zero-order valence-corrected chi connectivity index (χ0v) is 24.3. The van der Waals surface area contributed by atoms with Gasteiger partial charge in [-0.2, -0.15) is 0 Å². The summed E-state index contributed by atoms with van der Waals surface area (Å²) in [5.41, 5.74) is 2.23. The third kappa shape index (κ3) is 7.86. The first-order chi connectivity index (χ1) is 19.9. The van der Waals surface area contributed by atoms with Gasteiger partial charge in [-0.05, 0) is 48.9 Å². The molecule has 11 heteroatoms. The van der Waals surface area contributed by atoms with Crippen LogP contribution in [0, 0.1) is 0 Å². The molecule has 1 aromatic heterocycles. The Hall–Kier alpha value is -4.35. The molecule has 2 amide bonds. The predicted octanol–water partition coefficient (Wildman–Crippen LogP) is 5.99. The molecular weight excluding hydrogens is 562 g/mol. The minimum atomic E-state index is -0.577. The monoisotopic (exact) mass is 591 g/mol. The quantitative estimate of drug-likeness (QED) is 0.153. The van der Waals surface area contributed by atoms with Gasteiger partial charge in [-0.15, -0.1) is 23.1 Å². The predicted molar refractivity (Wildman–Crippen MR) is 160 cm³/mol. The van der Waals surface area contributed by atoms with Crippen molar-refractivity contribution in [2.24, 2.45) is 0 Å². The van der Waals surface area contributed by atoms with E-state index in [0.717, 1.165) is 10.5 Å². The maximum absolute atomic E-state index is 13.4. The van der Waals surface area contributed by atoms with E-state index in [1.165, 1.54) is 37.3 Å². The average Bonchev–Trinajstić information content (AvgIpc) is 3.42. The van der Waals surface area contributed by atoms with E-state index in [-0.39, 0.29) is 24.2 Å². The number of carbonyl (C=O) groups excluding carboxylic acids is 3. The Kier molecular flexibility index (Phi) is 10.4. The number of benzene rings is 3. The standard InChI is InChI=1S/C30H29N3O6S2/c1-4-39-25(34)17-21-18-40-30(32-21)33-29(36)27(19-9-6-5-7-10-19)41-22-15-13-20(14-16-22)31-28(35)26-23(37-2)11-8-12-24(26)38-3/h5-16,18,27H,4,17H2,1-3H3,(H,31,35)(H,32,33,36). The number of ether oxygens (including phenoxy) is 3. The molecule has 0 fully saturated rings. The maximum atomic E-state index is 13.4. The van der Waals surface area contributed by atoms with Gasteiger partial charge in [0.15, 0.2) is 5.13 Å². The number of amides is 2. The van der Waals surface area contributed by atoms with Crippen molar-refractivity contribution in [3.63, 3.8) is 0 Å². The van der Waals surface area contributed by atoms with Gasteiger partial charge in [-0.1, -0.05) is 36.4 Å². The molecule has 0 radical (unpaired) electrons. The highest BCUT2D eigenvalue weighted by Gasteiger charge is 2.24. The lowest BCUT2D eigenvalue weighted by atomic mass is 10.1. The smallest absolute Gasteiger partial charge is 0.311 e. The molecule has 0 aliphatic carbocycles. The molecule has 1 atom stereocenters. The van der Waals surface area contributed by atoms with E-state index < -0.39 is 5.25 Å². The first-order valence-corrected chi connectivity index (χ1v) is 14.4. The van der Waals surface area contributed by atoms with Crippen LogP contribution in [0.3, 0.4) is 0 Å². The highest BCUT2D eigenvalue weighted by atomic mass is 32.2. The van der Waals surface area contributed by atoms with E-state index in [0.29, 0.717) is 40.2 Å². The lowest BCUT2D eigenvalue weighted by molar-refractivity contribution is -0.142.